The van der Waals surface area contributed by atoms with Crippen molar-refractivity contribution in [3.05, 3.63) is 66.0 Å². The lowest BCUT2D eigenvalue weighted by molar-refractivity contribution is -0.152. The van der Waals surface area contributed by atoms with Crippen molar-refractivity contribution in [3.63, 3.8) is 0 Å². The average molecular weight is 322 g/mol. The molecule has 5 heteroatoms. The molecule has 1 saturated heterocycles. The van der Waals surface area contributed by atoms with Crippen LogP contribution in [0.3, 0.4) is 0 Å². The highest BCUT2D eigenvalue weighted by molar-refractivity contribution is 5.93. The largest absolute Gasteiger partial charge is 0.457 e. The van der Waals surface area contributed by atoms with E-state index in [0.29, 0.717) is 13.0 Å². The maximum absolute atomic E-state index is 12.5. The van der Waals surface area contributed by atoms with Crippen LogP contribution in [0.5, 0.6) is 0 Å². The quantitative estimate of drug-likeness (QED) is 0.854. The molecule has 1 aliphatic heterocycles. The van der Waals surface area contributed by atoms with E-state index in [9.17, 15) is 9.59 Å². The first-order valence-electron chi connectivity index (χ1n) is 8.16. The van der Waals surface area contributed by atoms with E-state index in [4.69, 9.17) is 4.74 Å². The van der Waals surface area contributed by atoms with Crippen molar-refractivity contribution in [1.82, 2.24) is 10.3 Å². The van der Waals surface area contributed by atoms with Crippen molar-refractivity contribution in [1.29, 1.82) is 0 Å². The number of carbonyl (C=O) groups is 2. The van der Waals surface area contributed by atoms with Gasteiger partial charge >= 0.3 is 5.97 Å². The average Bonchev–Trinajstić information content (AvgIpc) is 3.24. The number of hydrogen-bond acceptors (Lipinski definition) is 4. The fourth-order valence-corrected chi connectivity index (χ4v) is 3.48. The second-order valence-corrected chi connectivity index (χ2v) is 6.36. The van der Waals surface area contributed by atoms with Crippen LogP contribution in [0.1, 0.15) is 17.2 Å². The number of rotatable bonds is 5. The number of amides is 1. The van der Waals surface area contributed by atoms with Gasteiger partial charge in [-0.3, -0.25) is 14.6 Å². The second kappa shape index (κ2) is 6.07. The zero-order valence-corrected chi connectivity index (χ0v) is 13.1. The third-order valence-electron chi connectivity index (χ3n) is 4.83. The molecular weight excluding hydrogens is 304 g/mol. The fourth-order valence-electron chi connectivity index (χ4n) is 3.48. The predicted octanol–water partition coefficient (Wildman–Crippen LogP) is 1.90. The van der Waals surface area contributed by atoms with Crippen LogP contribution >= 0.6 is 0 Å². The van der Waals surface area contributed by atoms with Crippen molar-refractivity contribution >= 4 is 11.9 Å². The summed E-state index contributed by atoms with van der Waals surface area (Å²) in [4.78, 5) is 28.3. The highest BCUT2D eigenvalue weighted by atomic mass is 16.5. The predicted molar refractivity (Wildman–Crippen MR) is 86.7 cm³/mol. The molecule has 0 radical (unpaired) electrons. The molecule has 0 bridgehead atoms. The SMILES string of the molecule is O=C1NC[C@H]2[C@@H]1[C@@H]2C(=O)OC(Cc1ccccc1)c1cccnc1. The number of esters is 1. The number of piperidine rings is 1. The fraction of sp³-hybridized carbons (Fsp3) is 0.316. The molecule has 1 N–H and O–H groups in total. The van der Waals surface area contributed by atoms with Gasteiger partial charge in [0.25, 0.3) is 0 Å². The number of hydrogen-bond donors (Lipinski definition) is 1. The Morgan fingerprint density at radius 3 is 2.75 bits per heavy atom. The minimum absolute atomic E-state index is 0.0251. The normalized spacial score (nSPS) is 25.5. The topological polar surface area (TPSA) is 68.3 Å². The molecule has 2 aliphatic rings. The third kappa shape index (κ3) is 2.77. The number of benzene rings is 1. The van der Waals surface area contributed by atoms with E-state index in [0.717, 1.165) is 11.1 Å². The molecule has 1 aromatic heterocycles. The number of carbonyl (C=O) groups excluding carboxylic acids is 2. The molecule has 4 atom stereocenters. The van der Waals surface area contributed by atoms with E-state index in [-0.39, 0.29) is 29.6 Å². The zero-order valence-electron chi connectivity index (χ0n) is 13.1. The third-order valence-corrected chi connectivity index (χ3v) is 4.83. The number of fused-ring (bicyclic) bond motifs is 1. The van der Waals surface area contributed by atoms with Crippen molar-refractivity contribution in [2.24, 2.45) is 17.8 Å². The Hall–Kier alpha value is -2.69. The van der Waals surface area contributed by atoms with Crippen molar-refractivity contribution in [2.75, 3.05) is 6.54 Å². The van der Waals surface area contributed by atoms with Gasteiger partial charge in [-0.25, -0.2) is 0 Å². The number of nitrogens with one attached hydrogen (secondary N) is 1. The summed E-state index contributed by atoms with van der Waals surface area (Å²) in [7, 11) is 0. The summed E-state index contributed by atoms with van der Waals surface area (Å²) in [5.74, 6) is -0.665. The van der Waals surface area contributed by atoms with E-state index in [1.807, 2.05) is 42.5 Å². The first-order chi connectivity index (χ1) is 11.7. The molecule has 0 spiro atoms. The molecule has 2 aromatic rings. The Kier molecular flexibility index (Phi) is 3.76. The van der Waals surface area contributed by atoms with E-state index in [1.165, 1.54) is 0 Å². The maximum atomic E-state index is 12.5. The smallest absolute Gasteiger partial charge is 0.310 e. The Morgan fingerprint density at radius 1 is 1.25 bits per heavy atom. The van der Waals surface area contributed by atoms with Crippen LogP contribution in [-0.2, 0) is 20.7 Å². The lowest BCUT2D eigenvalue weighted by Gasteiger charge is -2.19. The van der Waals surface area contributed by atoms with Crippen molar-refractivity contribution < 1.29 is 14.3 Å². The Bertz CT molecular complexity index is 748. The first kappa shape index (κ1) is 14.9. The summed E-state index contributed by atoms with van der Waals surface area (Å²) in [5.41, 5.74) is 1.96. The number of pyridine rings is 1. The first-order valence-corrected chi connectivity index (χ1v) is 8.16. The van der Waals surface area contributed by atoms with E-state index in [1.54, 1.807) is 12.4 Å². The Morgan fingerprint density at radius 2 is 2.08 bits per heavy atom. The monoisotopic (exact) mass is 322 g/mol. The summed E-state index contributed by atoms with van der Waals surface area (Å²) >= 11 is 0. The standard InChI is InChI=1S/C19H18N2O3/c22-18-16-14(11-21-18)17(16)19(23)24-15(13-7-4-8-20-10-13)9-12-5-2-1-3-6-12/h1-8,10,14-17H,9,11H2,(H,21,22)/t14-,15?,16+,17+/m0/s1. The molecule has 122 valence electrons. The van der Waals surface area contributed by atoms with Gasteiger partial charge in [0.05, 0.1) is 11.8 Å². The number of nitrogens with zero attached hydrogens (tertiary/aromatic N) is 1. The van der Waals surface area contributed by atoms with Crippen molar-refractivity contribution in [3.8, 4) is 0 Å². The molecule has 4 rings (SSSR count). The molecule has 24 heavy (non-hydrogen) atoms. The lowest BCUT2D eigenvalue weighted by Crippen LogP contribution is -2.26. The van der Waals surface area contributed by atoms with Crippen LogP contribution in [-0.4, -0.2) is 23.4 Å². The van der Waals surface area contributed by atoms with Crippen LogP contribution in [0.15, 0.2) is 54.9 Å². The van der Waals surface area contributed by atoms with Crippen LogP contribution in [0.2, 0.25) is 0 Å². The molecule has 2 fully saturated rings. The Labute approximate surface area is 140 Å². The summed E-state index contributed by atoms with van der Waals surface area (Å²) in [6.45, 7) is 0.583. The van der Waals surface area contributed by atoms with Crippen LogP contribution in [0, 0.1) is 17.8 Å². The molecule has 1 amide bonds. The van der Waals surface area contributed by atoms with E-state index in [2.05, 4.69) is 10.3 Å². The van der Waals surface area contributed by atoms with Gasteiger partial charge in [0.2, 0.25) is 5.91 Å². The summed E-state index contributed by atoms with van der Waals surface area (Å²) in [6.07, 6.45) is 3.62. The molecule has 1 aromatic carbocycles. The summed E-state index contributed by atoms with van der Waals surface area (Å²) in [6, 6.07) is 13.7. The molecular formula is C19H18N2O3. The van der Waals surface area contributed by atoms with Gasteiger partial charge in [0.1, 0.15) is 6.10 Å². The van der Waals surface area contributed by atoms with Crippen molar-refractivity contribution in [2.45, 2.75) is 12.5 Å². The van der Waals surface area contributed by atoms with Gasteiger partial charge in [-0.1, -0.05) is 36.4 Å². The minimum atomic E-state index is -0.391. The van der Waals surface area contributed by atoms with Crippen LogP contribution in [0.25, 0.3) is 0 Å². The number of ether oxygens (including phenoxy) is 1. The second-order valence-electron chi connectivity index (χ2n) is 6.36. The minimum Gasteiger partial charge on any atom is -0.457 e. The highest BCUT2D eigenvalue weighted by Gasteiger charge is 2.63. The van der Waals surface area contributed by atoms with Crippen LogP contribution in [0.4, 0.5) is 0 Å². The highest BCUT2D eigenvalue weighted by Crippen LogP contribution is 2.50. The molecule has 2 heterocycles. The Balaban J connectivity index is 1.50. The van der Waals surface area contributed by atoms with Gasteiger partial charge in [-0.05, 0) is 11.6 Å². The van der Waals surface area contributed by atoms with Gasteiger partial charge in [-0.2, -0.15) is 0 Å². The maximum Gasteiger partial charge on any atom is 0.310 e. The zero-order chi connectivity index (χ0) is 16.5. The van der Waals surface area contributed by atoms with Gasteiger partial charge in [0, 0.05) is 36.8 Å². The summed E-state index contributed by atoms with van der Waals surface area (Å²) < 4.78 is 5.79. The van der Waals surface area contributed by atoms with Gasteiger partial charge < -0.3 is 10.1 Å². The molecule has 1 aliphatic carbocycles. The number of aromatic nitrogens is 1. The lowest BCUT2D eigenvalue weighted by atomic mass is 10.0. The molecule has 5 nitrogen and oxygen atoms in total. The summed E-state index contributed by atoms with van der Waals surface area (Å²) in [5, 5.41) is 2.77. The van der Waals surface area contributed by atoms with Gasteiger partial charge in [-0.15, -0.1) is 0 Å². The van der Waals surface area contributed by atoms with Gasteiger partial charge in [0.15, 0.2) is 0 Å². The molecule has 1 saturated carbocycles. The van der Waals surface area contributed by atoms with E-state index < -0.39 is 6.10 Å². The van der Waals surface area contributed by atoms with Crippen LogP contribution < -0.4 is 5.32 Å². The molecule has 1 unspecified atom stereocenters. The van der Waals surface area contributed by atoms with E-state index >= 15 is 0 Å².